The molecule has 0 bridgehead atoms. The van der Waals surface area contributed by atoms with Crippen molar-refractivity contribution in [1.82, 2.24) is 9.55 Å². The van der Waals surface area contributed by atoms with Crippen LogP contribution in [0.4, 0.5) is 0 Å². The Morgan fingerprint density at radius 2 is 1.65 bits per heavy atom. The molecule has 2 heterocycles. The van der Waals surface area contributed by atoms with Gasteiger partial charge in [0.15, 0.2) is 0 Å². The van der Waals surface area contributed by atoms with E-state index in [4.69, 9.17) is 10.5 Å². The molecule has 0 aliphatic rings. The molecule has 0 fully saturated rings. The predicted octanol–water partition coefficient (Wildman–Crippen LogP) is 6.51. The number of carboxylic acid groups (broad SMARTS) is 1. The molecule has 7 nitrogen and oxygen atoms in total. The molecule has 1 atom stereocenters. The van der Waals surface area contributed by atoms with Gasteiger partial charge in [0.2, 0.25) is 0 Å². The van der Waals surface area contributed by atoms with Gasteiger partial charge in [-0.25, -0.2) is 4.79 Å². The van der Waals surface area contributed by atoms with Crippen molar-refractivity contribution >= 4 is 22.8 Å². The fourth-order valence-electron chi connectivity index (χ4n) is 5.85. The number of aromatic carboxylic acids is 1. The van der Waals surface area contributed by atoms with E-state index in [1.54, 1.807) is 24.5 Å². The van der Waals surface area contributed by atoms with Crippen LogP contribution in [0.3, 0.4) is 0 Å². The second kappa shape index (κ2) is 13.5. The summed E-state index contributed by atoms with van der Waals surface area (Å²) in [5.41, 5.74) is 14.3. The Labute approximate surface area is 252 Å². The van der Waals surface area contributed by atoms with E-state index < -0.39 is 11.9 Å². The summed E-state index contributed by atoms with van der Waals surface area (Å²) in [6.45, 7) is 5.27. The van der Waals surface area contributed by atoms with Crippen molar-refractivity contribution in [2.75, 3.05) is 6.54 Å². The van der Waals surface area contributed by atoms with Crippen LogP contribution in [-0.2, 0) is 35.5 Å². The SMILES string of the molecule is Cc1cc(C)cc(-c2c(CC(CCc3ccncc3)C(=O)OCc3ccccc3)c3cc(C(=O)O)ccc3n2CCN)c1. The third-order valence-corrected chi connectivity index (χ3v) is 7.80. The van der Waals surface area contributed by atoms with Crippen LogP contribution in [0.1, 0.15) is 44.6 Å². The van der Waals surface area contributed by atoms with E-state index in [0.717, 1.165) is 50.0 Å². The minimum Gasteiger partial charge on any atom is -0.478 e. The highest BCUT2D eigenvalue weighted by Crippen LogP contribution is 2.38. The quantitative estimate of drug-likeness (QED) is 0.164. The maximum Gasteiger partial charge on any atom is 0.335 e. The number of pyridine rings is 1. The van der Waals surface area contributed by atoms with E-state index in [-0.39, 0.29) is 18.1 Å². The summed E-state index contributed by atoms with van der Waals surface area (Å²) >= 11 is 0. The number of hydrogen-bond acceptors (Lipinski definition) is 5. The zero-order valence-corrected chi connectivity index (χ0v) is 24.6. The monoisotopic (exact) mass is 575 g/mol. The third kappa shape index (κ3) is 7.01. The molecule has 3 N–H and O–H groups in total. The van der Waals surface area contributed by atoms with Crippen LogP contribution in [0, 0.1) is 19.8 Å². The Morgan fingerprint density at radius 1 is 0.930 bits per heavy atom. The number of ether oxygens (including phenoxy) is 1. The van der Waals surface area contributed by atoms with Crippen LogP contribution in [0.5, 0.6) is 0 Å². The zero-order chi connectivity index (χ0) is 30.3. The zero-order valence-electron chi connectivity index (χ0n) is 24.6. The van der Waals surface area contributed by atoms with Gasteiger partial charge in [0.05, 0.1) is 17.2 Å². The third-order valence-electron chi connectivity index (χ3n) is 7.80. The van der Waals surface area contributed by atoms with Crippen molar-refractivity contribution in [2.24, 2.45) is 11.7 Å². The van der Waals surface area contributed by atoms with Crippen molar-refractivity contribution in [1.29, 1.82) is 0 Å². The fraction of sp³-hybridized carbons (Fsp3) is 0.250. The number of aryl methyl sites for hydroxylation is 3. The standard InChI is InChI=1S/C36H37N3O4/c1-24-18-25(2)20-30(19-24)34-32(31-21-28(35(40)41)10-11-33(31)39(34)17-14-37)22-29(9-8-26-12-15-38-16-13-26)36(42)43-23-27-6-4-3-5-7-27/h3-7,10-13,15-16,18-21,29H,8-9,14,17,22-23,37H2,1-2H3,(H,40,41). The summed E-state index contributed by atoms with van der Waals surface area (Å²) in [5.74, 6) is -1.74. The van der Waals surface area contributed by atoms with Crippen LogP contribution in [0.15, 0.2) is 91.3 Å². The summed E-state index contributed by atoms with van der Waals surface area (Å²) in [7, 11) is 0. The van der Waals surface area contributed by atoms with Crippen LogP contribution in [0.2, 0.25) is 0 Å². The van der Waals surface area contributed by atoms with E-state index in [1.807, 2.05) is 48.5 Å². The molecule has 0 saturated carbocycles. The number of esters is 1. The van der Waals surface area contributed by atoms with E-state index in [9.17, 15) is 14.7 Å². The number of hydrogen-bond donors (Lipinski definition) is 2. The smallest absolute Gasteiger partial charge is 0.335 e. The van der Waals surface area contributed by atoms with Crippen molar-refractivity contribution in [3.8, 4) is 11.3 Å². The molecule has 5 rings (SSSR count). The van der Waals surface area contributed by atoms with E-state index in [0.29, 0.717) is 32.4 Å². The first kappa shape index (κ1) is 29.7. The lowest BCUT2D eigenvalue weighted by molar-refractivity contribution is -0.150. The number of aromatic nitrogens is 2. The number of carboxylic acids is 1. The Balaban J connectivity index is 1.62. The first-order chi connectivity index (χ1) is 20.8. The number of benzene rings is 3. The lowest BCUT2D eigenvalue weighted by Crippen LogP contribution is -2.21. The van der Waals surface area contributed by atoms with Gasteiger partial charge >= 0.3 is 11.9 Å². The summed E-state index contributed by atoms with van der Waals surface area (Å²) < 4.78 is 8.06. The van der Waals surface area contributed by atoms with Crippen LogP contribution in [0.25, 0.3) is 22.2 Å². The maximum absolute atomic E-state index is 13.8. The number of carbonyl (C=O) groups is 2. The van der Waals surface area contributed by atoms with E-state index in [1.165, 1.54) is 0 Å². The van der Waals surface area contributed by atoms with E-state index in [2.05, 4.69) is 41.6 Å². The summed E-state index contributed by atoms with van der Waals surface area (Å²) in [5, 5.41) is 10.7. The van der Waals surface area contributed by atoms with Gasteiger partial charge in [0.25, 0.3) is 0 Å². The van der Waals surface area contributed by atoms with Crippen molar-refractivity contribution in [3.63, 3.8) is 0 Å². The normalized spacial score (nSPS) is 11.9. The maximum atomic E-state index is 13.8. The molecule has 3 aromatic carbocycles. The Bertz CT molecular complexity index is 1710. The van der Waals surface area contributed by atoms with Crippen LogP contribution >= 0.6 is 0 Å². The Hall–Kier alpha value is -4.75. The summed E-state index contributed by atoms with van der Waals surface area (Å²) in [6, 6.07) is 25.2. The number of fused-ring (bicyclic) bond motifs is 1. The number of carbonyl (C=O) groups excluding carboxylic acids is 1. The molecule has 43 heavy (non-hydrogen) atoms. The first-order valence-corrected chi connectivity index (χ1v) is 14.6. The second-order valence-corrected chi connectivity index (χ2v) is 11.1. The van der Waals surface area contributed by atoms with Gasteiger partial charge in [-0.3, -0.25) is 9.78 Å². The molecule has 1 unspecified atom stereocenters. The minimum atomic E-state index is -0.996. The number of rotatable bonds is 12. The molecule has 0 aliphatic carbocycles. The van der Waals surface area contributed by atoms with Gasteiger partial charge in [0, 0.05) is 36.4 Å². The highest BCUT2D eigenvalue weighted by atomic mass is 16.5. The largest absolute Gasteiger partial charge is 0.478 e. The lowest BCUT2D eigenvalue weighted by Gasteiger charge is -2.19. The average molecular weight is 576 g/mol. The molecule has 0 spiro atoms. The Morgan fingerprint density at radius 3 is 2.33 bits per heavy atom. The molecule has 220 valence electrons. The van der Waals surface area contributed by atoms with Gasteiger partial charge in [-0.1, -0.05) is 47.5 Å². The number of nitrogens with two attached hydrogens (primary N) is 1. The van der Waals surface area contributed by atoms with Crippen LogP contribution in [-0.4, -0.2) is 33.1 Å². The van der Waals surface area contributed by atoms with Gasteiger partial charge in [-0.15, -0.1) is 0 Å². The molecule has 2 aromatic heterocycles. The summed E-state index contributed by atoms with van der Waals surface area (Å²) in [6.07, 6.45) is 5.13. The fourth-order valence-corrected chi connectivity index (χ4v) is 5.85. The number of nitrogens with zero attached hydrogens (tertiary/aromatic N) is 2. The molecule has 0 saturated heterocycles. The van der Waals surface area contributed by atoms with Crippen molar-refractivity contribution in [2.45, 2.75) is 46.3 Å². The molecular formula is C36H37N3O4. The average Bonchev–Trinajstić information content (AvgIpc) is 3.30. The van der Waals surface area contributed by atoms with Crippen LogP contribution < -0.4 is 5.73 Å². The molecule has 0 aliphatic heterocycles. The Kier molecular flexibility index (Phi) is 9.32. The lowest BCUT2D eigenvalue weighted by atomic mass is 9.89. The van der Waals surface area contributed by atoms with Gasteiger partial charge in [-0.2, -0.15) is 0 Å². The molecule has 0 amide bonds. The van der Waals surface area contributed by atoms with Gasteiger partial charge < -0.3 is 20.1 Å². The predicted molar refractivity (Wildman–Crippen MR) is 169 cm³/mol. The second-order valence-electron chi connectivity index (χ2n) is 11.1. The molecule has 0 radical (unpaired) electrons. The highest BCUT2D eigenvalue weighted by Gasteiger charge is 2.27. The minimum absolute atomic E-state index is 0.188. The highest BCUT2D eigenvalue weighted by molar-refractivity contribution is 5.98. The van der Waals surface area contributed by atoms with Gasteiger partial charge in [0.1, 0.15) is 6.61 Å². The van der Waals surface area contributed by atoms with Crippen molar-refractivity contribution in [3.05, 3.63) is 125 Å². The molecule has 5 aromatic rings. The topological polar surface area (TPSA) is 107 Å². The van der Waals surface area contributed by atoms with E-state index >= 15 is 0 Å². The summed E-state index contributed by atoms with van der Waals surface area (Å²) in [4.78, 5) is 29.9. The molecular weight excluding hydrogens is 538 g/mol. The van der Waals surface area contributed by atoms with Gasteiger partial charge in [-0.05, 0) is 97.8 Å². The first-order valence-electron chi connectivity index (χ1n) is 14.6. The van der Waals surface area contributed by atoms with Crippen molar-refractivity contribution < 1.29 is 19.4 Å². The molecule has 7 heteroatoms.